The van der Waals surface area contributed by atoms with Crippen LogP contribution in [0.1, 0.15) is 17.4 Å². The molecule has 0 radical (unpaired) electrons. The number of nitrogens with one attached hydrogen (secondary N) is 2. The van der Waals surface area contributed by atoms with Crippen LogP contribution < -0.4 is 30.6 Å². The van der Waals surface area contributed by atoms with Gasteiger partial charge in [-0.2, -0.15) is 0 Å². The summed E-state index contributed by atoms with van der Waals surface area (Å²) < 4.78 is 14.8. The Balaban J connectivity index is 1.46. The minimum Gasteiger partial charge on any atom is -0.497 e. The van der Waals surface area contributed by atoms with Crippen molar-refractivity contribution in [3.8, 4) is 11.5 Å². The molecule has 0 spiro atoms. The van der Waals surface area contributed by atoms with Gasteiger partial charge in [-0.15, -0.1) is 0 Å². The summed E-state index contributed by atoms with van der Waals surface area (Å²) in [6.45, 7) is 5.20. The molecule has 1 fully saturated rings. The highest BCUT2D eigenvalue weighted by molar-refractivity contribution is 5.90. The van der Waals surface area contributed by atoms with Gasteiger partial charge in [-0.05, 0) is 43.3 Å². The number of guanidine groups is 1. The van der Waals surface area contributed by atoms with Gasteiger partial charge in [0, 0.05) is 30.5 Å². The molecule has 1 atom stereocenters. The number of aryl methyl sites for hydroxylation is 1. The van der Waals surface area contributed by atoms with Gasteiger partial charge in [0.1, 0.15) is 11.5 Å². The first kappa shape index (κ1) is 21.8. The first-order valence-electron chi connectivity index (χ1n) is 11.3. The molecule has 9 nitrogen and oxygen atoms in total. The predicted molar refractivity (Wildman–Crippen MR) is 131 cm³/mol. The van der Waals surface area contributed by atoms with Gasteiger partial charge in [-0.25, -0.2) is 14.9 Å². The smallest absolute Gasteiger partial charge is 0.355 e. The van der Waals surface area contributed by atoms with Crippen molar-refractivity contribution in [3.05, 3.63) is 76.2 Å². The van der Waals surface area contributed by atoms with E-state index >= 15 is 0 Å². The molecule has 3 aromatic rings. The van der Waals surface area contributed by atoms with E-state index in [-0.39, 0.29) is 5.56 Å². The lowest BCUT2D eigenvalue weighted by atomic mass is 10.1. The van der Waals surface area contributed by atoms with E-state index in [0.29, 0.717) is 17.4 Å². The number of para-hydroxylation sites is 1. The van der Waals surface area contributed by atoms with Crippen molar-refractivity contribution < 1.29 is 14.0 Å². The summed E-state index contributed by atoms with van der Waals surface area (Å²) in [5.41, 5.74) is 2.60. The molecular formula is C25H29N6O3+. The van der Waals surface area contributed by atoms with Gasteiger partial charge >= 0.3 is 5.96 Å². The van der Waals surface area contributed by atoms with Crippen LogP contribution in [-0.4, -0.2) is 60.5 Å². The maximum Gasteiger partial charge on any atom is 0.355 e. The first-order valence-corrected chi connectivity index (χ1v) is 11.3. The number of piperazine rings is 1. The highest BCUT2D eigenvalue weighted by atomic mass is 16.5. The van der Waals surface area contributed by atoms with Crippen molar-refractivity contribution in [2.75, 3.05) is 50.6 Å². The SMILES string of the molecule is COc1ccc(N2CC[N+](=C3Nc4nc(C)cc(=O)n4C(c4ccccc4OC)N3)CC2)cc1. The zero-order valence-electron chi connectivity index (χ0n) is 19.6. The Kier molecular flexibility index (Phi) is 5.83. The Morgan fingerprint density at radius 1 is 1.03 bits per heavy atom. The lowest BCUT2D eigenvalue weighted by molar-refractivity contribution is -0.531. The molecule has 1 saturated heterocycles. The third kappa shape index (κ3) is 4.05. The number of anilines is 2. The number of aromatic nitrogens is 2. The molecule has 2 aromatic carbocycles. The zero-order valence-corrected chi connectivity index (χ0v) is 19.6. The van der Waals surface area contributed by atoms with Crippen molar-refractivity contribution in [2.24, 2.45) is 0 Å². The van der Waals surface area contributed by atoms with E-state index in [1.807, 2.05) is 43.3 Å². The normalized spacial score (nSPS) is 17.5. The van der Waals surface area contributed by atoms with Gasteiger partial charge in [0.2, 0.25) is 0 Å². The van der Waals surface area contributed by atoms with Crippen LogP contribution in [0.15, 0.2) is 59.4 Å². The van der Waals surface area contributed by atoms with E-state index in [0.717, 1.165) is 43.5 Å². The molecule has 176 valence electrons. The minimum atomic E-state index is -0.442. The molecule has 0 saturated carbocycles. The van der Waals surface area contributed by atoms with Crippen molar-refractivity contribution in [1.82, 2.24) is 14.9 Å². The molecule has 2 N–H and O–H groups in total. The number of rotatable bonds is 4. The van der Waals surface area contributed by atoms with Crippen LogP contribution in [0, 0.1) is 6.92 Å². The molecule has 34 heavy (non-hydrogen) atoms. The summed E-state index contributed by atoms with van der Waals surface area (Å²) in [4.78, 5) is 20.0. The van der Waals surface area contributed by atoms with Crippen LogP contribution in [0.25, 0.3) is 0 Å². The number of fused-ring (bicyclic) bond motifs is 1. The molecule has 2 aliphatic heterocycles. The molecule has 2 aliphatic rings. The van der Waals surface area contributed by atoms with Crippen LogP contribution in [0.3, 0.4) is 0 Å². The summed E-state index contributed by atoms with van der Waals surface area (Å²) in [5, 5.41) is 6.90. The van der Waals surface area contributed by atoms with Crippen molar-refractivity contribution in [3.63, 3.8) is 0 Å². The summed E-state index contributed by atoms with van der Waals surface area (Å²) >= 11 is 0. The van der Waals surface area contributed by atoms with Crippen LogP contribution in [0.5, 0.6) is 11.5 Å². The Hall–Kier alpha value is -4.01. The molecule has 0 bridgehead atoms. The fourth-order valence-corrected chi connectivity index (χ4v) is 4.54. The monoisotopic (exact) mass is 461 g/mol. The van der Waals surface area contributed by atoms with E-state index in [9.17, 15) is 4.79 Å². The number of nitrogens with zero attached hydrogens (tertiary/aromatic N) is 4. The Morgan fingerprint density at radius 2 is 1.76 bits per heavy atom. The highest BCUT2D eigenvalue weighted by Gasteiger charge is 2.35. The maximum atomic E-state index is 13.0. The van der Waals surface area contributed by atoms with E-state index in [2.05, 4.69) is 37.2 Å². The van der Waals surface area contributed by atoms with Gasteiger partial charge in [0.25, 0.3) is 11.5 Å². The van der Waals surface area contributed by atoms with Crippen LogP contribution in [0.4, 0.5) is 11.6 Å². The highest BCUT2D eigenvalue weighted by Crippen LogP contribution is 2.29. The quantitative estimate of drug-likeness (QED) is 0.575. The second-order valence-electron chi connectivity index (χ2n) is 8.36. The van der Waals surface area contributed by atoms with E-state index in [1.165, 1.54) is 5.69 Å². The maximum absolute atomic E-state index is 13.0. The molecule has 5 rings (SSSR count). The number of hydrogen-bond donors (Lipinski definition) is 2. The van der Waals surface area contributed by atoms with Crippen LogP contribution >= 0.6 is 0 Å². The predicted octanol–water partition coefficient (Wildman–Crippen LogP) is 2.02. The third-order valence-corrected chi connectivity index (χ3v) is 6.31. The minimum absolute atomic E-state index is 0.123. The van der Waals surface area contributed by atoms with Gasteiger partial charge in [0.15, 0.2) is 6.17 Å². The number of hydrogen-bond acceptors (Lipinski definition) is 5. The second-order valence-corrected chi connectivity index (χ2v) is 8.36. The molecule has 9 heteroatoms. The van der Waals surface area contributed by atoms with Gasteiger partial charge in [-0.3, -0.25) is 14.7 Å². The number of methoxy groups -OCH3 is 2. The fraction of sp³-hybridized carbons (Fsp3) is 0.320. The lowest BCUT2D eigenvalue weighted by Crippen LogP contribution is -2.55. The summed E-state index contributed by atoms with van der Waals surface area (Å²) in [6, 6.07) is 17.4. The van der Waals surface area contributed by atoms with Crippen molar-refractivity contribution in [2.45, 2.75) is 13.1 Å². The Bertz CT molecular complexity index is 1270. The number of ether oxygens (including phenoxy) is 2. The largest absolute Gasteiger partial charge is 0.497 e. The van der Waals surface area contributed by atoms with Gasteiger partial charge in [-0.1, -0.05) is 12.1 Å². The fourth-order valence-electron chi connectivity index (χ4n) is 4.54. The summed E-state index contributed by atoms with van der Waals surface area (Å²) in [5.74, 6) is 2.92. The molecular weight excluding hydrogens is 432 g/mol. The van der Waals surface area contributed by atoms with Gasteiger partial charge < -0.3 is 14.4 Å². The standard InChI is InChI=1S/C25H28N6O3/c1-17-16-22(32)31-23(20-6-4-5-7-21(20)34-3)27-24(28-25(31)26-17)30-14-12-29(13-15-30)18-8-10-19(33-2)11-9-18/h4-11,16,23H,12-15H2,1-3H3,(H,26,27,28,32)/p+1. The second kappa shape index (κ2) is 9.09. The van der Waals surface area contributed by atoms with E-state index in [4.69, 9.17) is 9.47 Å². The Labute approximate surface area is 198 Å². The zero-order chi connectivity index (χ0) is 23.7. The average Bonchev–Trinajstić information content (AvgIpc) is 2.88. The number of benzene rings is 2. The van der Waals surface area contributed by atoms with Crippen LogP contribution in [0.2, 0.25) is 0 Å². The third-order valence-electron chi connectivity index (χ3n) is 6.31. The van der Waals surface area contributed by atoms with E-state index < -0.39 is 6.17 Å². The topological polar surface area (TPSA) is 83.7 Å². The first-order chi connectivity index (χ1) is 16.6. The van der Waals surface area contributed by atoms with Crippen molar-refractivity contribution >= 4 is 17.6 Å². The summed E-state index contributed by atoms with van der Waals surface area (Å²) in [6.07, 6.45) is -0.442. The molecule has 1 unspecified atom stereocenters. The van der Waals surface area contributed by atoms with Gasteiger partial charge in [0.05, 0.1) is 32.9 Å². The average molecular weight is 462 g/mol. The lowest BCUT2D eigenvalue weighted by Gasteiger charge is -2.33. The molecule has 1 aromatic heterocycles. The Morgan fingerprint density at radius 3 is 2.47 bits per heavy atom. The molecule has 3 heterocycles. The summed E-state index contributed by atoms with van der Waals surface area (Å²) in [7, 11) is 3.32. The van der Waals surface area contributed by atoms with Crippen molar-refractivity contribution in [1.29, 1.82) is 0 Å². The molecule has 0 aliphatic carbocycles. The van der Waals surface area contributed by atoms with E-state index in [1.54, 1.807) is 24.9 Å². The molecule has 0 amide bonds. The van der Waals surface area contributed by atoms with Crippen LogP contribution in [-0.2, 0) is 0 Å².